The smallest absolute Gasteiger partial charge is 0.342 e. The molecule has 18 heavy (non-hydrogen) atoms. The van der Waals surface area contributed by atoms with Crippen LogP contribution in [0.2, 0.25) is 0 Å². The lowest BCUT2D eigenvalue weighted by molar-refractivity contribution is 0.0678. The lowest BCUT2D eigenvalue weighted by Gasteiger charge is -2.32. The highest BCUT2D eigenvalue weighted by Crippen LogP contribution is 2.23. The third kappa shape index (κ3) is 3.20. The Morgan fingerprint density at radius 2 is 2.06 bits per heavy atom. The van der Waals surface area contributed by atoms with E-state index < -0.39 is 17.3 Å². The molecule has 0 amide bonds. The van der Waals surface area contributed by atoms with Gasteiger partial charge in [0.25, 0.3) is 0 Å². The minimum atomic E-state index is -1.33. The number of carbonyl (C=O) groups is 1. The second-order valence-electron chi connectivity index (χ2n) is 4.91. The Kier molecular flexibility index (Phi) is 4.29. The van der Waals surface area contributed by atoms with Gasteiger partial charge in [0.2, 0.25) is 0 Å². The van der Waals surface area contributed by atoms with Crippen LogP contribution in [0.5, 0.6) is 5.75 Å². The van der Waals surface area contributed by atoms with E-state index in [-0.39, 0.29) is 17.9 Å². The highest BCUT2D eigenvalue weighted by atomic mass is 19.1. The molecule has 0 atom stereocenters. The maximum absolute atomic E-state index is 13.4. The van der Waals surface area contributed by atoms with E-state index in [1.54, 1.807) is 0 Å². The van der Waals surface area contributed by atoms with Gasteiger partial charge in [-0.2, -0.15) is 0 Å². The molecule has 0 spiro atoms. The van der Waals surface area contributed by atoms with Crippen molar-refractivity contribution in [3.05, 3.63) is 29.6 Å². The number of halogens is 1. The van der Waals surface area contributed by atoms with Crippen molar-refractivity contribution in [3.8, 4) is 5.75 Å². The van der Waals surface area contributed by atoms with Gasteiger partial charge >= 0.3 is 5.97 Å². The van der Waals surface area contributed by atoms with Gasteiger partial charge in [-0.25, -0.2) is 9.18 Å². The van der Waals surface area contributed by atoms with E-state index in [0.717, 1.165) is 6.07 Å². The molecule has 100 valence electrons. The number of likely N-dealkylation sites (N-methyl/N-ethyl adjacent to an activating group) is 1. The maximum atomic E-state index is 13.4. The van der Waals surface area contributed by atoms with Gasteiger partial charge in [0.15, 0.2) is 0 Å². The topological polar surface area (TPSA) is 49.8 Å². The Labute approximate surface area is 106 Å². The van der Waals surface area contributed by atoms with E-state index in [1.807, 2.05) is 32.8 Å². The molecule has 1 rings (SSSR count). The first kappa shape index (κ1) is 14.4. The molecule has 4 nitrogen and oxygen atoms in total. The van der Waals surface area contributed by atoms with Gasteiger partial charge in [0.1, 0.15) is 23.7 Å². The average molecular weight is 255 g/mol. The summed E-state index contributed by atoms with van der Waals surface area (Å²) in [5, 5.41) is 8.95. The summed E-state index contributed by atoms with van der Waals surface area (Å²) < 4.78 is 18.9. The van der Waals surface area contributed by atoms with Crippen LogP contribution in [-0.4, -0.2) is 42.2 Å². The first-order chi connectivity index (χ1) is 8.25. The zero-order valence-corrected chi connectivity index (χ0v) is 11.0. The predicted octanol–water partition coefficient (Wildman–Crippen LogP) is 2.24. The molecule has 1 aromatic rings. The normalized spacial score (nSPS) is 11.7. The van der Waals surface area contributed by atoms with E-state index in [0.29, 0.717) is 0 Å². The molecule has 0 aliphatic heterocycles. The summed E-state index contributed by atoms with van der Waals surface area (Å²) >= 11 is 0. The van der Waals surface area contributed by atoms with Gasteiger partial charge < -0.3 is 14.7 Å². The molecule has 0 unspecified atom stereocenters. The molecule has 1 N–H and O–H groups in total. The Bertz CT molecular complexity index is 444. The van der Waals surface area contributed by atoms with Crippen molar-refractivity contribution in [2.45, 2.75) is 19.4 Å². The fraction of sp³-hybridized carbons (Fsp3) is 0.462. The van der Waals surface area contributed by atoms with Gasteiger partial charge in [-0.3, -0.25) is 0 Å². The summed E-state index contributed by atoms with van der Waals surface area (Å²) in [5.74, 6) is -2.06. The van der Waals surface area contributed by atoms with Crippen molar-refractivity contribution < 1.29 is 19.0 Å². The molecule has 0 heterocycles. The van der Waals surface area contributed by atoms with Gasteiger partial charge in [0.05, 0.1) is 0 Å². The van der Waals surface area contributed by atoms with Crippen LogP contribution in [0.1, 0.15) is 24.2 Å². The highest BCUT2D eigenvalue weighted by molar-refractivity contribution is 5.91. The van der Waals surface area contributed by atoms with Gasteiger partial charge in [-0.1, -0.05) is 6.07 Å². The number of rotatable bonds is 5. The molecule has 0 fully saturated rings. The number of aromatic carboxylic acids is 1. The van der Waals surface area contributed by atoms with Crippen molar-refractivity contribution in [2.24, 2.45) is 0 Å². The summed E-state index contributed by atoms with van der Waals surface area (Å²) in [6.07, 6.45) is 0. The van der Waals surface area contributed by atoms with Crippen LogP contribution >= 0.6 is 0 Å². The van der Waals surface area contributed by atoms with Crippen LogP contribution in [0.3, 0.4) is 0 Å². The van der Waals surface area contributed by atoms with E-state index in [9.17, 15) is 9.18 Å². The highest BCUT2D eigenvalue weighted by Gasteiger charge is 2.23. The molecule has 0 radical (unpaired) electrons. The zero-order chi connectivity index (χ0) is 13.9. The molecule has 0 saturated heterocycles. The van der Waals surface area contributed by atoms with Crippen LogP contribution in [0.25, 0.3) is 0 Å². The molecular formula is C13H18FNO3. The number of nitrogens with zero attached hydrogens (tertiary/aromatic N) is 1. The van der Waals surface area contributed by atoms with Crippen molar-refractivity contribution in [3.63, 3.8) is 0 Å². The second-order valence-corrected chi connectivity index (χ2v) is 4.91. The van der Waals surface area contributed by atoms with Crippen molar-refractivity contribution in [2.75, 3.05) is 20.7 Å². The first-order valence-electron chi connectivity index (χ1n) is 5.58. The summed E-state index contributed by atoms with van der Waals surface area (Å²) in [7, 11) is 3.79. The van der Waals surface area contributed by atoms with E-state index >= 15 is 0 Å². The third-order valence-electron chi connectivity index (χ3n) is 2.98. The Morgan fingerprint density at radius 1 is 1.44 bits per heavy atom. The van der Waals surface area contributed by atoms with Crippen molar-refractivity contribution in [1.29, 1.82) is 0 Å². The molecule has 0 aliphatic rings. The minimum absolute atomic E-state index is 0.0532. The quantitative estimate of drug-likeness (QED) is 0.876. The van der Waals surface area contributed by atoms with Crippen molar-refractivity contribution in [1.82, 2.24) is 4.90 Å². The number of benzene rings is 1. The van der Waals surface area contributed by atoms with Crippen LogP contribution in [0.15, 0.2) is 18.2 Å². The lowest BCUT2D eigenvalue weighted by atomic mass is 10.1. The average Bonchev–Trinajstić information content (AvgIpc) is 2.25. The number of carboxylic acid groups (broad SMARTS) is 1. The number of hydrogen-bond acceptors (Lipinski definition) is 3. The molecule has 0 saturated carbocycles. The fourth-order valence-corrected chi connectivity index (χ4v) is 1.22. The molecular weight excluding hydrogens is 237 g/mol. The summed E-state index contributed by atoms with van der Waals surface area (Å²) in [6, 6.07) is 3.99. The monoisotopic (exact) mass is 255 g/mol. The summed E-state index contributed by atoms with van der Waals surface area (Å²) in [4.78, 5) is 12.9. The summed E-state index contributed by atoms with van der Waals surface area (Å²) in [6.45, 7) is 4.17. The SMILES string of the molecule is CN(C)C(C)(C)COc1cccc(F)c1C(=O)O. The zero-order valence-electron chi connectivity index (χ0n) is 11.0. The van der Waals surface area contributed by atoms with E-state index in [4.69, 9.17) is 9.84 Å². The van der Waals surface area contributed by atoms with Crippen LogP contribution in [-0.2, 0) is 0 Å². The largest absolute Gasteiger partial charge is 0.491 e. The number of carboxylic acids is 1. The Morgan fingerprint density at radius 3 is 2.56 bits per heavy atom. The lowest BCUT2D eigenvalue weighted by Crippen LogP contribution is -2.43. The Balaban J connectivity index is 2.92. The Hall–Kier alpha value is -1.62. The third-order valence-corrected chi connectivity index (χ3v) is 2.98. The maximum Gasteiger partial charge on any atom is 0.342 e. The fourth-order valence-electron chi connectivity index (χ4n) is 1.22. The van der Waals surface area contributed by atoms with Gasteiger partial charge in [0, 0.05) is 5.54 Å². The summed E-state index contributed by atoms with van der Waals surface area (Å²) in [5.41, 5.74) is -0.700. The van der Waals surface area contributed by atoms with E-state index in [1.165, 1.54) is 12.1 Å². The van der Waals surface area contributed by atoms with Crippen LogP contribution in [0, 0.1) is 5.82 Å². The van der Waals surface area contributed by atoms with Gasteiger partial charge in [-0.15, -0.1) is 0 Å². The van der Waals surface area contributed by atoms with Crippen LogP contribution in [0.4, 0.5) is 4.39 Å². The molecule has 0 aromatic heterocycles. The standard InChI is InChI=1S/C13H18FNO3/c1-13(2,15(3)4)8-18-10-7-5-6-9(14)11(10)12(16)17/h5-7H,8H2,1-4H3,(H,16,17). The van der Waals surface area contributed by atoms with E-state index in [2.05, 4.69) is 0 Å². The minimum Gasteiger partial charge on any atom is -0.491 e. The molecule has 0 aliphatic carbocycles. The number of hydrogen-bond donors (Lipinski definition) is 1. The van der Waals surface area contributed by atoms with Gasteiger partial charge in [-0.05, 0) is 40.1 Å². The molecule has 1 aromatic carbocycles. The molecule has 5 heteroatoms. The van der Waals surface area contributed by atoms with Crippen LogP contribution < -0.4 is 4.74 Å². The number of ether oxygens (including phenoxy) is 1. The first-order valence-corrected chi connectivity index (χ1v) is 5.58. The predicted molar refractivity (Wildman–Crippen MR) is 66.6 cm³/mol. The molecule has 0 bridgehead atoms. The second kappa shape index (κ2) is 5.35. The van der Waals surface area contributed by atoms with Crippen molar-refractivity contribution >= 4 is 5.97 Å².